The van der Waals surface area contributed by atoms with Gasteiger partial charge in [0.05, 0.1) is 12.6 Å². The van der Waals surface area contributed by atoms with E-state index in [1.54, 1.807) is 0 Å². The average molecular weight is 260 g/mol. The third-order valence-corrected chi connectivity index (χ3v) is 3.84. The zero-order chi connectivity index (χ0) is 13.1. The second kappa shape index (κ2) is 5.61. The molecule has 1 saturated heterocycles. The van der Waals surface area contributed by atoms with E-state index < -0.39 is 0 Å². The lowest BCUT2D eigenvalue weighted by Gasteiger charge is -2.11. The number of hydrogen-bond donors (Lipinski definition) is 2. The summed E-state index contributed by atoms with van der Waals surface area (Å²) in [6.45, 7) is 2.46. The largest absolute Gasteiger partial charge is 0.493 e. The molecule has 2 heterocycles. The Labute approximate surface area is 113 Å². The minimum atomic E-state index is 0.0217. The van der Waals surface area contributed by atoms with Crippen molar-refractivity contribution < 1.29 is 9.53 Å². The van der Waals surface area contributed by atoms with Gasteiger partial charge in [-0.15, -0.1) is 0 Å². The Bertz CT molecular complexity index is 467. The lowest BCUT2D eigenvalue weighted by atomic mass is 10.1. The predicted molar refractivity (Wildman–Crippen MR) is 73.4 cm³/mol. The van der Waals surface area contributed by atoms with E-state index in [1.165, 1.54) is 11.1 Å². The number of hydrogen-bond acceptors (Lipinski definition) is 3. The molecule has 19 heavy (non-hydrogen) atoms. The van der Waals surface area contributed by atoms with Crippen LogP contribution < -0.4 is 15.4 Å². The molecule has 0 aromatic heterocycles. The molecule has 2 aliphatic rings. The van der Waals surface area contributed by atoms with Crippen molar-refractivity contribution in [1.82, 2.24) is 10.6 Å². The predicted octanol–water partition coefficient (Wildman–Crippen LogP) is 1.03. The minimum Gasteiger partial charge on any atom is -0.493 e. The molecule has 102 valence electrons. The second-order valence-corrected chi connectivity index (χ2v) is 5.23. The summed E-state index contributed by atoms with van der Waals surface area (Å²) in [7, 11) is 0. The summed E-state index contributed by atoms with van der Waals surface area (Å²) < 4.78 is 5.49. The summed E-state index contributed by atoms with van der Waals surface area (Å²) in [5.74, 6) is 1.16. The zero-order valence-electron chi connectivity index (χ0n) is 11.1. The molecule has 0 spiro atoms. The van der Waals surface area contributed by atoms with Crippen molar-refractivity contribution >= 4 is 5.91 Å². The van der Waals surface area contributed by atoms with Crippen LogP contribution >= 0.6 is 0 Å². The Balaban J connectivity index is 1.48. The molecule has 0 saturated carbocycles. The Morgan fingerprint density at radius 3 is 3.26 bits per heavy atom. The fourth-order valence-electron chi connectivity index (χ4n) is 2.76. The number of carbonyl (C=O) groups excluding carboxylic acids is 1. The summed E-state index contributed by atoms with van der Waals surface area (Å²) >= 11 is 0. The average Bonchev–Trinajstić information content (AvgIpc) is 3.09. The fraction of sp³-hybridized carbons (Fsp3) is 0.533. The highest BCUT2D eigenvalue weighted by Gasteiger charge is 2.21. The van der Waals surface area contributed by atoms with Crippen LogP contribution in [-0.2, 0) is 17.6 Å². The topological polar surface area (TPSA) is 50.4 Å². The normalized spacial score (nSPS) is 20.9. The number of fused-ring (bicyclic) bond motifs is 1. The first-order valence-corrected chi connectivity index (χ1v) is 7.08. The van der Waals surface area contributed by atoms with Gasteiger partial charge < -0.3 is 15.4 Å². The molecule has 0 bridgehead atoms. The Hall–Kier alpha value is -1.55. The maximum atomic E-state index is 11.8. The highest BCUT2D eigenvalue weighted by Crippen LogP contribution is 2.25. The molecule has 4 heteroatoms. The van der Waals surface area contributed by atoms with E-state index in [4.69, 9.17) is 4.74 Å². The Kier molecular flexibility index (Phi) is 3.69. The molecule has 3 rings (SSSR count). The van der Waals surface area contributed by atoms with E-state index in [-0.39, 0.29) is 11.9 Å². The van der Waals surface area contributed by atoms with Gasteiger partial charge >= 0.3 is 0 Å². The summed E-state index contributed by atoms with van der Waals surface area (Å²) in [5.41, 5.74) is 2.56. The van der Waals surface area contributed by atoms with Crippen LogP contribution in [0.1, 0.15) is 24.0 Å². The molecular weight excluding hydrogens is 240 g/mol. The van der Waals surface area contributed by atoms with Crippen molar-refractivity contribution in [2.45, 2.75) is 31.7 Å². The molecule has 0 aliphatic carbocycles. The number of benzene rings is 1. The van der Waals surface area contributed by atoms with Gasteiger partial charge in [0.2, 0.25) is 5.91 Å². The summed E-state index contributed by atoms with van der Waals surface area (Å²) in [4.78, 5) is 11.8. The van der Waals surface area contributed by atoms with Crippen molar-refractivity contribution in [2.75, 3.05) is 19.7 Å². The van der Waals surface area contributed by atoms with Crippen LogP contribution in [0.25, 0.3) is 0 Å². The van der Waals surface area contributed by atoms with E-state index >= 15 is 0 Å². The van der Waals surface area contributed by atoms with Gasteiger partial charge in [-0.2, -0.15) is 0 Å². The Morgan fingerprint density at radius 1 is 1.47 bits per heavy atom. The summed E-state index contributed by atoms with van der Waals surface area (Å²) in [6.07, 6.45) is 3.94. The van der Waals surface area contributed by atoms with Gasteiger partial charge in [-0.1, -0.05) is 12.1 Å². The zero-order valence-corrected chi connectivity index (χ0v) is 11.1. The van der Waals surface area contributed by atoms with E-state index in [2.05, 4.69) is 22.8 Å². The van der Waals surface area contributed by atoms with Crippen LogP contribution in [0.4, 0.5) is 0 Å². The molecule has 1 aromatic rings. The van der Waals surface area contributed by atoms with Crippen LogP contribution in [0.3, 0.4) is 0 Å². The molecule has 1 fully saturated rings. The smallest absolute Gasteiger partial charge is 0.237 e. The molecule has 4 nitrogen and oxygen atoms in total. The summed E-state index contributed by atoms with van der Waals surface area (Å²) in [5, 5.41) is 6.22. The molecular formula is C15H20N2O2. The fourth-order valence-corrected chi connectivity index (χ4v) is 2.76. The van der Waals surface area contributed by atoms with Crippen molar-refractivity contribution in [3.05, 3.63) is 29.3 Å². The van der Waals surface area contributed by atoms with Crippen molar-refractivity contribution in [1.29, 1.82) is 0 Å². The third kappa shape index (κ3) is 2.89. The second-order valence-electron chi connectivity index (χ2n) is 5.23. The minimum absolute atomic E-state index is 0.0217. The number of nitrogens with one attached hydrogen (secondary N) is 2. The van der Waals surface area contributed by atoms with Gasteiger partial charge in [-0.05, 0) is 43.0 Å². The van der Waals surface area contributed by atoms with E-state index in [1.807, 2.05) is 6.07 Å². The number of amides is 1. The highest BCUT2D eigenvalue weighted by molar-refractivity contribution is 5.81. The number of rotatable bonds is 4. The molecule has 2 aliphatic heterocycles. The molecule has 1 aromatic carbocycles. The van der Waals surface area contributed by atoms with E-state index in [0.717, 1.165) is 44.6 Å². The first kappa shape index (κ1) is 12.5. The lowest BCUT2D eigenvalue weighted by Crippen LogP contribution is -2.41. The highest BCUT2D eigenvalue weighted by atomic mass is 16.5. The van der Waals surface area contributed by atoms with E-state index in [9.17, 15) is 4.79 Å². The molecule has 0 radical (unpaired) electrons. The van der Waals surface area contributed by atoms with Crippen molar-refractivity contribution in [2.24, 2.45) is 0 Å². The quantitative estimate of drug-likeness (QED) is 0.850. The first-order valence-electron chi connectivity index (χ1n) is 7.08. The third-order valence-electron chi connectivity index (χ3n) is 3.84. The van der Waals surface area contributed by atoms with Crippen LogP contribution in [-0.4, -0.2) is 31.6 Å². The van der Waals surface area contributed by atoms with Gasteiger partial charge in [0.25, 0.3) is 0 Å². The standard InChI is InChI=1S/C15H20N2O2/c18-15(13-2-1-7-16-13)17-8-5-11-3-4-14-12(10-11)6-9-19-14/h3-4,10,13,16H,1-2,5-9H2,(H,17,18). The van der Waals surface area contributed by atoms with Gasteiger partial charge in [0.15, 0.2) is 0 Å². The monoisotopic (exact) mass is 260 g/mol. The number of ether oxygens (including phenoxy) is 1. The maximum absolute atomic E-state index is 11.8. The van der Waals surface area contributed by atoms with Crippen LogP contribution in [0, 0.1) is 0 Å². The SMILES string of the molecule is O=C(NCCc1ccc2c(c1)CCO2)C1CCCN1. The van der Waals surface area contributed by atoms with Crippen LogP contribution in [0.2, 0.25) is 0 Å². The van der Waals surface area contributed by atoms with Gasteiger partial charge in [-0.25, -0.2) is 0 Å². The van der Waals surface area contributed by atoms with E-state index in [0.29, 0.717) is 6.54 Å². The van der Waals surface area contributed by atoms with Crippen molar-refractivity contribution in [3.63, 3.8) is 0 Å². The van der Waals surface area contributed by atoms with Crippen LogP contribution in [0.15, 0.2) is 18.2 Å². The molecule has 2 N–H and O–H groups in total. The van der Waals surface area contributed by atoms with Gasteiger partial charge in [0, 0.05) is 13.0 Å². The molecule has 1 unspecified atom stereocenters. The molecule has 1 amide bonds. The lowest BCUT2D eigenvalue weighted by molar-refractivity contribution is -0.122. The van der Waals surface area contributed by atoms with Crippen molar-refractivity contribution in [3.8, 4) is 5.75 Å². The maximum Gasteiger partial charge on any atom is 0.237 e. The Morgan fingerprint density at radius 2 is 2.42 bits per heavy atom. The van der Waals surface area contributed by atoms with Gasteiger partial charge in [-0.3, -0.25) is 4.79 Å². The summed E-state index contributed by atoms with van der Waals surface area (Å²) in [6, 6.07) is 6.35. The molecule has 1 atom stereocenters. The number of carbonyl (C=O) groups is 1. The van der Waals surface area contributed by atoms with Gasteiger partial charge in [0.1, 0.15) is 5.75 Å². The first-order chi connectivity index (χ1) is 9.33. The van der Waals surface area contributed by atoms with Crippen LogP contribution in [0.5, 0.6) is 5.75 Å².